The third-order valence-electron chi connectivity index (χ3n) is 3.48. The summed E-state index contributed by atoms with van der Waals surface area (Å²) >= 11 is 3.39. The molecular formula is C17H12BrNO3. The Balaban J connectivity index is 2.19. The molecule has 3 aromatic rings. The van der Waals surface area contributed by atoms with Crippen molar-refractivity contribution in [3.8, 4) is 0 Å². The van der Waals surface area contributed by atoms with Crippen LogP contribution in [-0.2, 0) is 6.54 Å². The van der Waals surface area contributed by atoms with Crippen molar-refractivity contribution in [3.05, 3.63) is 80.6 Å². The third kappa shape index (κ3) is 2.67. The summed E-state index contributed by atoms with van der Waals surface area (Å²) in [6.45, 7) is 0.494. The average Bonchev–Trinajstić information content (AvgIpc) is 2.52. The highest BCUT2D eigenvalue weighted by Crippen LogP contribution is 2.16. The fourth-order valence-electron chi connectivity index (χ4n) is 2.41. The number of carbonyl (C=O) groups is 1. The molecule has 22 heavy (non-hydrogen) atoms. The number of carboxylic acid groups (broad SMARTS) is 1. The summed E-state index contributed by atoms with van der Waals surface area (Å²) in [5.74, 6) is -1.21. The van der Waals surface area contributed by atoms with Gasteiger partial charge < -0.3 is 9.67 Å². The van der Waals surface area contributed by atoms with Crippen LogP contribution in [0.25, 0.3) is 10.9 Å². The molecule has 0 unspecified atom stereocenters. The lowest BCUT2D eigenvalue weighted by molar-refractivity contribution is 0.0695. The Labute approximate surface area is 134 Å². The van der Waals surface area contributed by atoms with E-state index in [4.69, 9.17) is 0 Å². The molecule has 0 amide bonds. The Morgan fingerprint density at radius 1 is 1.09 bits per heavy atom. The third-order valence-corrected chi connectivity index (χ3v) is 4.01. The fourth-order valence-corrected chi connectivity index (χ4v) is 2.68. The Hall–Kier alpha value is -2.40. The number of nitrogens with zero attached hydrogens (tertiary/aromatic N) is 1. The van der Waals surface area contributed by atoms with Gasteiger partial charge in [0.15, 0.2) is 0 Å². The van der Waals surface area contributed by atoms with Gasteiger partial charge in [-0.25, -0.2) is 4.79 Å². The van der Waals surface area contributed by atoms with Crippen LogP contribution in [0.3, 0.4) is 0 Å². The van der Waals surface area contributed by atoms with Crippen molar-refractivity contribution in [1.82, 2.24) is 4.57 Å². The van der Waals surface area contributed by atoms with Gasteiger partial charge in [0.25, 0.3) is 0 Å². The molecule has 2 aromatic carbocycles. The molecule has 3 rings (SSSR count). The maximum Gasteiger partial charge on any atom is 0.341 e. The zero-order valence-corrected chi connectivity index (χ0v) is 13.1. The molecule has 0 aliphatic heterocycles. The Morgan fingerprint density at radius 3 is 2.45 bits per heavy atom. The highest BCUT2D eigenvalue weighted by atomic mass is 79.9. The summed E-state index contributed by atoms with van der Waals surface area (Å²) < 4.78 is 2.77. The van der Waals surface area contributed by atoms with Crippen LogP contribution in [0.4, 0.5) is 0 Å². The van der Waals surface area contributed by atoms with Crippen molar-refractivity contribution in [3.63, 3.8) is 0 Å². The molecule has 0 spiro atoms. The van der Waals surface area contributed by atoms with Crippen LogP contribution < -0.4 is 5.43 Å². The second-order valence-corrected chi connectivity index (χ2v) is 5.86. The summed E-state index contributed by atoms with van der Waals surface area (Å²) in [5.41, 5.74) is 1.08. The summed E-state index contributed by atoms with van der Waals surface area (Å²) in [5, 5.41) is 9.65. The number of hydrogen-bond donors (Lipinski definition) is 1. The number of carboxylic acids is 1. The first kappa shape index (κ1) is 14.5. The molecule has 0 atom stereocenters. The van der Waals surface area contributed by atoms with E-state index in [-0.39, 0.29) is 5.56 Å². The normalized spacial score (nSPS) is 10.8. The van der Waals surface area contributed by atoms with Crippen molar-refractivity contribution in [1.29, 1.82) is 0 Å². The maximum atomic E-state index is 12.2. The van der Waals surface area contributed by atoms with Gasteiger partial charge in [-0.15, -0.1) is 0 Å². The highest BCUT2D eigenvalue weighted by molar-refractivity contribution is 9.10. The minimum atomic E-state index is -1.21. The summed E-state index contributed by atoms with van der Waals surface area (Å²) in [7, 11) is 0. The van der Waals surface area contributed by atoms with Crippen LogP contribution in [0, 0.1) is 0 Å². The van der Waals surface area contributed by atoms with Crippen molar-refractivity contribution in [2.45, 2.75) is 6.54 Å². The van der Waals surface area contributed by atoms with Gasteiger partial charge >= 0.3 is 5.97 Å². The lowest BCUT2D eigenvalue weighted by Crippen LogP contribution is -2.19. The summed E-state index contributed by atoms with van der Waals surface area (Å²) in [6, 6.07) is 14.8. The van der Waals surface area contributed by atoms with E-state index in [1.165, 1.54) is 6.20 Å². The highest BCUT2D eigenvalue weighted by Gasteiger charge is 2.14. The number of aromatic nitrogens is 1. The Morgan fingerprint density at radius 2 is 1.77 bits per heavy atom. The first-order valence-corrected chi connectivity index (χ1v) is 7.45. The van der Waals surface area contributed by atoms with Gasteiger partial charge in [0, 0.05) is 22.6 Å². The number of aromatic carboxylic acids is 1. The number of hydrogen-bond acceptors (Lipinski definition) is 2. The van der Waals surface area contributed by atoms with Crippen LogP contribution >= 0.6 is 15.9 Å². The van der Waals surface area contributed by atoms with Gasteiger partial charge in [0.1, 0.15) is 5.56 Å². The topological polar surface area (TPSA) is 59.3 Å². The molecule has 110 valence electrons. The van der Waals surface area contributed by atoms with E-state index >= 15 is 0 Å². The number of halogens is 1. The number of rotatable bonds is 3. The molecule has 0 aliphatic rings. The van der Waals surface area contributed by atoms with Gasteiger partial charge in [0.2, 0.25) is 5.43 Å². The van der Waals surface area contributed by atoms with Gasteiger partial charge in [0.05, 0.1) is 5.52 Å². The van der Waals surface area contributed by atoms with E-state index in [0.29, 0.717) is 11.9 Å². The van der Waals surface area contributed by atoms with E-state index in [1.54, 1.807) is 16.7 Å². The van der Waals surface area contributed by atoms with Crippen LogP contribution in [0.5, 0.6) is 0 Å². The molecule has 1 heterocycles. The second kappa shape index (κ2) is 5.77. The SMILES string of the molecule is O=C(O)c1cn(Cc2ccc(Br)cc2)c2ccccc2c1=O. The minimum Gasteiger partial charge on any atom is -0.477 e. The second-order valence-electron chi connectivity index (χ2n) is 4.95. The van der Waals surface area contributed by atoms with Gasteiger partial charge in [-0.1, -0.05) is 40.2 Å². The lowest BCUT2D eigenvalue weighted by atomic mass is 10.1. The van der Waals surface area contributed by atoms with Gasteiger partial charge in [-0.05, 0) is 29.8 Å². The van der Waals surface area contributed by atoms with E-state index in [9.17, 15) is 14.7 Å². The number of para-hydroxylation sites is 1. The molecule has 1 aromatic heterocycles. The number of benzene rings is 2. The molecule has 0 radical (unpaired) electrons. The average molecular weight is 358 g/mol. The first-order valence-electron chi connectivity index (χ1n) is 6.66. The number of pyridine rings is 1. The molecule has 0 bridgehead atoms. The molecule has 1 N–H and O–H groups in total. The van der Waals surface area contributed by atoms with E-state index in [0.717, 1.165) is 15.6 Å². The minimum absolute atomic E-state index is 0.212. The van der Waals surface area contributed by atoms with E-state index in [2.05, 4.69) is 15.9 Å². The van der Waals surface area contributed by atoms with Crippen LogP contribution in [0.2, 0.25) is 0 Å². The molecule has 0 aliphatic carbocycles. The van der Waals surface area contributed by atoms with Crippen molar-refractivity contribution < 1.29 is 9.90 Å². The Bertz CT molecular complexity index is 913. The maximum absolute atomic E-state index is 12.2. The molecule has 4 nitrogen and oxygen atoms in total. The zero-order valence-electron chi connectivity index (χ0n) is 11.5. The Kier molecular flexibility index (Phi) is 3.81. The fraction of sp³-hybridized carbons (Fsp3) is 0.0588. The van der Waals surface area contributed by atoms with Gasteiger partial charge in [-0.3, -0.25) is 4.79 Å². The number of fused-ring (bicyclic) bond motifs is 1. The quantitative estimate of drug-likeness (QED) is 0.780. The van der Waals surface area contributed by atoms with Crippen LogP contribution in [0.1, 0.15) is 15.9 Å². The monoisotopic (exact) mass is 357 g/mol. The smallest absolute Gasteiger partial charge is 0.341 e. The molecule has 0 saturated heterocycles. The summed E-state index contributed by atoms with van der Waals surface area (Å²) in [6.07, 6.45) is 1.41. The largest absolute Gasteiger partial charge is 0.477 e. The van der Waals surface area contributed by atoms with E-state index < -0.39 is 11.4 Å². The lowest BCUT2D eigenvalue weighted by Gasteiger charge is -2.12. The predicted octanol–water partition coefficient (Wildman–Crippen LogP) is 3.51. The van der Waals surface area contributed by atoms with Crippen molar-refractivity contribution >= 4 is 32.8 Å². The van der Waals surface area contributed by atoms with Gasteiger partial charge in [-0.2, -0.15) is 0 Å². The van der Waals surface area contributed by atoms with Crippen molar-refractivity contribution in [2.24, 2.45) is 0 Å². The predicted molar refractivity (Wildman–Crippen MR) is 88.4 cm³/mol. The first-order chi connectivity index (χ1) is 10.6. The molecule has 0 fully saturated rings. The summed E-state index contributed by atoms with van der Waals surface area (Å²) in [4.78, 5) is 23.5. The van der Waals surface area contributed by atoms with Crippen molar-refractivity contribution in [2.75, 3.05) is 0 Å². The standard InChI is InChI=1S/C17H12BrNO3/c18-12-7-5-11(6-8-12)9-19-10-14(17(21)22)16(20)13-3-1-2-4-15(13)19/h1-8,10H,9H2,(H,21,22). The van der Waals surface area contributed by atoms with E-state index in [1.807, 2.05) is 36.4 Å². The van der Waals surface area contributed by atoms with Crippen LogP contribution in [-0.4, -0.2) is 15.6 Å². The zero-order chi connectivity index (χ0) is 15.7. The molecule has 0 saturated carbocycles. The van der Waals surface area contributed by atoms with Crippen LogP contribution in [0.15, 0.2) is 64.0 Å². The molecule has 5 heteroatoms. The molecular weight excluding hydrogens is 346 g/mol.